The first-order valence-electron chi connectivity index (χ1n) is 10.2. The lowest BCUT2D eigenvalue weighted by molar-refractivity contribution is -0.697. The molecule has 0 aliphatic heterocycles. The number of hydrogen-bond donors (Lipinski definition) is 0. The summed E-state index contributed by atoms with van der Waals surface area (Å²) in [4.78, 5) is 2.58. The van der Waals surface area contributed by atoms with Crippen LogP contribution in [0.25, 0.3) is 5.41 Å². The number of hydrogen-bond acceptors (Lipinski definition) is 2. The second-order valence-electron chi connectivity index (χ2n) is 6.82. The first-order valence-corrected chi connectivity index (χ1v) is 10.2. The van der Waals surface area contributed by atoms with Crippen molar-refractivity contribution in [2.75, 3.05) is 0 Å². The SMILES string of the molecule is CCCCCCCCCCCCCC[n+]1cccc(C)c1.N#CN=C=[N-]. The van der Waals surface area contributed by atoms with Crippen LogP contribution in [0.5, 0.6) is 0 Å². The van der Waals surface area contributed by atoms with E-state index >= 15 is 0 Å². The highest BCUT2D eigenvalue weighted by atomic mass is 14.9. The van der Waals surface area contributed by atoms with Crippen LogP contribution in [0.2, 0.25) is 0 Å². The molecule has 1 heterocycles. The van der Waals surface area contributed by atoms with Gasteiger partial charge in [0.2, 0.25) is 0 Å². The molecule has 0 aromatic carbocycles. The van der Waals surface area contributed by atoms with Gasteiger partial charge in [-0.3, -0.25) is 0 Å². The van der Waals surface area contributed by atoms with Gasteiger partial charge in [0.1, 0.15) is 6.54 Å². The van der Waals surface area contributed by atoms with Crippen molar-refractivity contribution in [2.24, 2.45) is 4.99 Å². The first-order chi connectivity index (χ1) is 12.7. The van der Waals surface area contributed by atoms with Gasteiger partial charge >= 0.3 is 0 Å². The molecule has 0 fully saturated rings. The molecule has 0 atom stereocenters. The van der Waals surface area contributed by atoms with Gasteiger partial charge in [0, 0.05) is 18.1 Å². The van der Waals surface area contributed by atoms with E-state index in [1.165, 1.54) is 101 Å². The minimum atomic E-state index is 1.18. The molecule has 0 radical (unpaired) electrons. The molecule has 0 spiro atoms. The summed E-state index contributed by atoms with van der Waals surface area (Å²) in [5, 5.41) is 14.9. The summed E-state index contributed by atoms with van der Waals surface area (Å²) < 4.78 is 2.33. The Morgan fingerprint density at radius 1 is 0.962 bits per heavy atom. The molecule has 0 amide bonds. The van der Waals surface area contributed by atoms with E-state index in [9.17, 15) is 0 Å². The van der Waals surface area contributed by atoms with E-state index in [1.807, 2.05) is 0 Å². The van der Waals surface area contributed by atoms with Gasteiger partial charge in [-0.05, 0) is 19.4 Å². The third-order valence-electron chi connectivity index (χ3n) is 4.38. The van der Waals surface area contributed by atoms with E-state index in [2.05, 4.69) is 47.9 Å². The van der Waals surface area contributed by atoms with E-state index in [1.54, 1.807) is 0 Å². The average molecular weight is 357 g/mol. The van der Waals surface area contributed by atoms with Crippen molar-refractivity contribution in [1.29, 1.82) is 5.26 Å². The van der Waals surface area contributed by atoms with Crippen molar-refractivity contribution < 1.29 is 4.57 Å². The summed E-state index contributed by atoms with van der Waals surface area (Å²) in [7, 11) is 0. The predicted octanol–water partition coefficient (Wildman–Crippen LogP) is 6.19. The third-order valence-corrected chi connectivity index (χ3v) is 4.38. The van der Waals surface area contributed by atoms with E-state index in [0.717, 1.165) is 0 Å². The van der Waals surface area contributed by atoms with Crippen molar-refractivity contribution in [3.8, 4) is 6.19 Å². The molecule has 4 heteroatoms. The molecule has 0 unspecified atom stereocenters. The Morgan fingerprint density at radius 2 is 1.50 bits per heavy atom. The minimum Gasteiger partial charge on any atom is -0.422 e. The van der Waals surface area contributed by atoms with E-state index < -0.39 is 0 Å². The van der Waals surface area contributed by atoms with Crippen molar-refractivity contribution >= 4 is 6.01 Å². The van der Waals surface area contributed by atoms with Crippen molar-refractivity contribution in [3.63, 3.8) is 0 Å². The Bertz CT molecular complexity index is 527. The third kappa shape index (κ3) is 16.9. The van der Waals surface area contributed by atoms with Gasteiger partial charge in [0.25, 0.3) is 0 Å². The minimum absolute atomic E-state index is 1.18. The largest absolute Gasteiger partial charge is 0.422 e. The van der Waals surface area contributed by atoms with Gasteiger partial charge in [-0.15, -0.1) is 6.01 Å². The van der Waals surface area contributed by atoms with Crippen molar-refractivity contribution in [3.05, 3.63) is 35.5 Å². The van der Waals surface area contributed by atoms with Crippen LogP contribution in [0.1, 0.15) is 89.5 Å². The van der Waals surface area contributed by atoms with Crippen LogP contribution in [-0.2, 0) is 6.54 Å². The van der Waals surface area contributed by atoms with Gasteiger partial charge in [0.15, 0.2) is 12.4 Å². The zero-order chi connectivity index (χ0) is 19.3. The van der Waals surface area contributed by atoms with E-state index in [4.69, 9.17) is 10.7 Å². The second kappa shape index (κ2) is 19.3. The molecule has 0 saturated carbocycles. The molecule has 0 aliphatic carbocycles. The fourth-order valence-electron chi connectivity index (χ4n) is 2.95. The van der Waals surface area contributed by atoms with Crippen molar-refractivity contribution in [1.82, 2.24) is 0 Å². The Morgan fingerprint density at radius 3 is 1.92 bits per heavy atom. The quantitative estimate of drug-likeness (QED) is 0.180. The highest BCUT2D eigenvalue weighted by Gasteiger charge is 1.99. The number of rotatable bonds is 13. The van der Waals surface area contributed by atoms with Crippen LogP contribution in [-0.4, -0.2) is 6.01 Å². The smallest absolute Gasteiger partial charge is 0.171 e. The molecular formula is C22H36N4. The molecule has 1 aromatic rings. The molecule has 1 aromatic heterocycles. The molecule has 26 heavy (non-hydrogen) atoms. The van der Waals surface area contributed by atoms with Crippen LogP contribution in [0.3, 0.4) is 0 Å². The maximum absolute atomic E-state index is 7.43. The van der Waals surface area contributed by atoms with Gasteiger partial charge < -0.3 is 10.4 Å². The van der Waals surface area contributed by atoms with E-state index in [-0.39, 0.29) is 0 Å². The Kier molecular flexibility index (Phi) is 17.9. The summed E-state index contributed by atoms with van der Waals surface area (Å²) in [6.07, 6.45) is 22.8. The van der Waals surface area contributed by atoms with E-state index in [0.29, 0.717) is 0 Å². The Balaban J connectivity index is 0.00000110. The number of pyridine rings is 1. The molecule has 0 saturated heterocycles. The van der Waals surface area contributed by atoms with Crippen LogP contribution in [0, 0.1) is 18.4 Å². The summed E-state index contributed by atoms with van der Waals surface area (Å²) in [6.45, 7) is 5.63. The molecule has 0 N–H and O–H groups in total. The highest BCUT2D eigenvalue weighted by Crippen LogP contribution is 2.11. The number of aliphatic imine (C=N–C) groups is 1. The summed E-state index contributed by atoms with van der Waals surface area (Å²) >= 11 is 0. The number of nitriles is 1. The van der Waals surface area contributed by atoms with Gasteiger partial charge in [0.05, 0.1) is 6.19 Å². The highest BCUT2D eigenvalue weighted by molar-refractivity contribution is 5.46. The standard InChI is InChI=1S/C20H36N.C2N3/c1-3-4-5-6-7-8-9-10-11-12-13-14-17-21-18-15-16-20(2)19-21;3-1-5-2-4/h15-16,18-19H,3-14,17H2,1-2H3;/q+1;-1. The maximum Gasteiger partial charge on any atom is 0.171 e. The zero-order valence-electron chi connectivity index (χ0n) is 16.8. The van der Waals surface area contributed by atoms with Crippen LogP contribution in [0.4, 0.5) is 0 Å². The van der Waals surface area contributed by atoms with Gasteiger partial charge in [-0.2, -0.15) is 5.26 Å². The fourth-order valence-corrected chi connectivity index (χ4v) is 2.95. The monoisotopic (exact) mass is 356 g/mol. The predicted molar refractivity (Wildman–Crippen MR) is 109 cm³/mol. The fraction of sp³-hybridized carbons (Fsp3) is 0.682. The van der Waals surface area contributed by atoms with Gasteiger partial charge in [-0.25, -0.2) is 4.57 Å². The Hall–Kier alpha value is -1.98. The molecule has 1 rings (SSSR count). The first kappa shape index (κ1) is 24.0. The molecule has 144 valence electrons. The lowest BCUT2D eigenvalue weighted by Gasteiger charge is -2.02. The van der Waals surface area contributed by atoms with Crippen molar-refractivity contribution in [2.45, 2.75) is 97.4 Å². The Labute approximate surface area is 160 Å². The number of aromatic nitrogens is 1. The summed E-state index contributed by atoms with van der Waals surface area (Å²) in [6, 6.07) is 5.60. The van der Waals surface area contributed by atoms with Crippen LogP contribution in [0.15, 0.2) is 29.5 Å². The summed E-state index contributed by atoms with van der Waals surface area (Å²) in [5.74, 6) is 0. The van der Waals surface area contributed by atoms with Crippen LogP contribution >= 0.6 is 0 Å². The normalized spacial score (nSPS) is 9.58. The van der Waals surface area contributed by atoms with Gasteiger partial charge in [-0.1, -0.05) is 71.1 Å². The number of unbranched alkanes of at least 4 members (excludes halogenated alkanes) is 11. The number of aryl methyl sites for hydroxylation is 2. The topological polar surface area (TPSA) is 62.3 Å². The molecule has 4 nitrogen and oxygen atoms in total. The average Bonchev–Trinajstić information content (AvgIpc) is 2.64. The number of nitrogens with zero attached hydrogens (tertiary/aromatic N) is 4. The zero-order valence-corrected chi connectivity index (χ0v) is 16.8. The molecular weight excluding hydrogens is 320 g/mol. The van der Waals surface area contributed by atoms with Crippen LogP contribution < -0.4 is 4.57 Å². The molecule has 0 bridgehead atoms. The molecule has 0 aliphatic rings. The second-order valence-corrected chi connectivity index (χ2v) is 6.82. The lowest BCUT2D eigenvalue weighted by atomic mass is 10.1. The lowest BCUT2D eigenvalue weighted by Crippen LogP contribution is -2.32. The maximum atomic E-state index is 7.43. The summed E-state index contributed by atoms with van der Waals surface area (Å²) in [5.41, 5.74) is 1.36.